The summed E-state index contributed by atoms with van der Waals surface area (Å²) in [6, 6.07) is 3.88. The first-order valence-electron chi connectivity index (χ1n) is 5.69. The molecule has 1 aromatic carbocycles. The highest BCUT2D eigenvalue weighted by Gasteiger charge is 2.15. The van der Waals surface area contributed by atoms with Crippen molar-refractivity contribution in [1.29, 1.82) is 0 Å². The van der Waals surface area contributed by atoms with Gasteiger partial charge in [-0.05, 0) is 28.7 Å². The molecule has 0 saturated heterocycles. The molecule has 1 amide bonds. The number of nitrogens with one attached hydrogen (secondary N) is 1. The van der Waals surface area contributed by atoms with E-state index in [2.05, 4.69) is 5.32 Å². The molecule has 20 heavy (non-hydrogen) atoms. The molecular weight excluding hydrogens is 399 g/mol. The number of benzene rings is 1. The lowest BCUT2D eigenvalue weighted by Crippen LogP contribution is -2.30. The molecule has 1 N–H and O–H groups in total. The largest absolute Gasteiger partial charge is 0.351 e. The van der Waals surface area contributed by atoms with Gasteiger partial charge in [-0.1, -0.05) is 6.92 Å². The van der Waals surface area contributed by atoms with E-state index in [-0.39, 0.29) is 29.3 Å². The Morgan fingerprint density at radius 1 is 1.45 bits per heavy atom. The summed E-state index contributed by atoms with van der Waals surface area (Å²) in [5.41, 5.74) is 0.185. The Labute approximate surface area is 130 Å². The normalized spacial score (nSPS) is 11.1. The zero-order chi connectivity index (χ0) is 15.3. The van der Waals surface area contributed by atoms with Gasteiger partial charge in [0, 0.05) is 28.0 Å². The van der Waals surface area contributed by atoms with Gasteiger partial charge in [0.15, 0.2) is 9.84 Å². The minimum atomic E-state index is -3.13. The van der Waals surface area contributed by atoms with Crippen LogP contribution in [0.3, 0.4) is 0 Å². The van der Waals surface area contributed by atoms with Crippen molar-refractivity contribution in [2.75, 3.05) is 18.1 Å². The third-order valence-corrected chi connectivity index (χ3v) is 5.14. The Bertz CT molecular complexity index is 630. The van der Waals surface area contributed by atoms with E-state index in [0.29, 0.717) is 3.57 Å². The molecule has 0 heterocycles. The van der Waals surface area contributed by atoms with E-state index >= 15 is 0 Å². The van der Waals surface area contributed by atoms with Gasteiger partial charge >= 0.3 is 0 Å². The molecular formula is C11H13IN2O5S. The van der Waals surface area contributed by atoms with E-state index in [1.807, 2.05) is 22.6 Å². The Hall–Kier alpha value is -1.23. The number of sulfone groups is 1. The number of nitrogens with zero attached hydrogens (tertiary/aromatic N) is 1. The monoisotopic (exact) mass is 412 g/mol. The maximum absolute atomic E-state index is 11.8. The van der Waals surface area contributed by atoms with E-state index in [9.17, 15) is 23.3 Å². The lowest BCUT2D eigenvalue weighted by atomic mass is 10.2. The van der Waals surface area contributed by atoms with Crippen molar-refractivity contribution >= 4 is 44.0 Å². The van der Waals surface area contributed by atoms with Gasteiger partial charge in [-0.15, -0.1) is 0 Å². The summed E-state index contributed by atoms with van der Waals surface area (Å²) in [5.74, 6) is -0.549. The number of hydrogen-bond donors (Lipinski definition) is 1. The van der Waals surface area contributed by atoms with Crippen molar-refractivity contribution in [3.05, 3.63) is 37.4 Å². The van der Waals surface area contributed by atoms with Gasteiger partial charge in [-0.3, -0.25) is 14.9 Å². The van der Waals surface area contributed by atoms with Gasteiger partial charge in [-0.25, -0.2) is 8.42 Å². The number of non-ortho nitro benzene ring substituents is 1. The van der Waals surface area contributed by atoms with Crippen molar-refractivity contribution < 1.29 is 18.1 Å². The first kappa shape index (κ1) is 16.8. The van der Waals surface area contributed by atoms with E-state index < -0.39 is 20.7 Å². The zero-order valence-corrected chi connectivity index (χ0v) is 13.6. The molecule has 0 aromatic heterocycles. The smallest absolute Gasteiger partial charge is 0.270 e. The van der Waals surface area contributed by atoms with Crippen molar-refractivity contribution in [1.82, 2.24) is 5.32 Å². The molecule has 0 atom stereocenters. The second-order valence-corrected chi connectivity index (χ2v) is 7.55. The highest BCUT2D eigenvalue weighted by molar-refractivity contribution is 14.1. The number of nitro benzene ring substituents is 1. The van der Waals surface area contributed by atoms with Gasteiger partial charge < -0.3 is 5.32 Å². The topological polar surface area (TPSA) is 106 Å². The molecule has 9 heteroatoms. The maximum Gasteiger partial charge on any atom is 0.270 e. The van der Waals surface area contributed by atoms with Crippen molar-refractivity contribution in [2.24, 2.45) is 0 Å². The second-order valence-electron chi connectivity index (χ2n) is 3.91. The zero-order valence-electron chi connectivity index (χ0n) is 10.6. The van der Waals surface area contributed by atoms with Crippen LogP contribution < -0.4 is 5.32 Å². The van der Waals surface area contributed by atoms with Crippen LogP contribution in [0.1, 0.15) is 17.3 Å². The summed E-state index contributed by atoms with van der Waals surface area (Å²) < 4.78 is 23.0. The van der Waals surface area contributed by atoms with E-state index in [1.54, 1.807) is 0 Å². The maximum atomic E-state index is 11.8. The van der Waals surface area contributed by atoms with Gasteiger partial charge in [-0.2, -0.15) is 0 Å². The molecule has 0 unspecified atom stereocenters. The number of nitro groups is 1. The standard InChI is InChI=1S/C11H13IN2O5S/c1-2-20(18,19)6-5-13-11(15)9-4-3-8(14(16)17)7-10(9)12/h3-4,7H,2,5-6H2,1H3,(H,13,15). The molecule has 0 saturated carbocycles. The molecule has 110 valence electrons. The van der Waals surface area contributed by atoms with Gasteiger partial charge in [0.25, 0.3) is 11.6 Å². The predicted octanol–water partition coefficient (Wildman–Crippen LogP) is 1.36. The highest BCUT2D eigenvalue weighted by Crippen LogP contribution is 2.19. The number of hydrogen-bond acceptors (Lipinski definition) is 5. The van der Waals surface area contributed by atoms with E-state index in [1.165, 1.54) is 25.1 Å². The summed E-state index contributed by atoms with van der Waals surface area (Å²) in [7, 11) is -3.13. The lowest BCUT2D eigenvalue weighted by molar-refractivity contribution is -0.384. The van der Waals surface area contributed by atoms with Crippen LogP contribution in [0, 0.1) is 13.7 Å². The molecule has 0 fully saturated rings. The highest BCUT2D eigenvalue weighted by atomic mass is 127. The van der Waals surface area contributed by atoms with Gasteiger partial charge in [0.2, 0.25) is 0 Å². The Kier molecular flexibility index (Phi) is 5.87. The quantitative estimate of drug-likeness (QED) is 0.432. The minimum absolute atomic E-state index is 0.0159. The number of amides is 1. The van der Waals surface area contributed by atoms with Crippen molar-refractivity contribution in [2.45, 2.75) is 6.92 Å². The minimum Gasteiger partial charge on any atom is -0.351 e. The molecule has 0 aliphatic heterocycles. The molecule has 1 aromatic rings. The third-order valence-electron chi connectivity index (χ3n) is 2.55. The Balaban J connectivity index is 2.71. The van der Waals surface area contributed by atoms with Crippen LogP contribution in [0.4, 0.5) is 5.69 Å². The van der Waals surface area contributed by atoms with Crippen molar-refractivity contribution in [3.8, 4) is 0 Å². The summed E-state index contributed by atoms with van der Waals surface area (Å²) in [4.78, 5) is 21.9. The summed E-state index contributed by atoms with van der Waals surface area (Å²) >= 11 is 1.83. The first-order chi connectivity index (χ1) is 9.26. The fourth-order valence-corrected chi connectivity index (χ4v) is 2.81. The van der Waals surface area contributed by atoms with Crippen LogP contribution in [-0.2, 0) is 9.84 Å². The fourth-order valence-electron chi connectivity index (χ4n) is 1.36. The van der Waals surface area contributed by atoms with Crippen LogP contribution in [0.2, 0.25) is 0 Å². The first-order valence-corrected chi connectivity index (χ1v) is 8.59. The number of carbonyl (C=O) groups excluding carboxylic acids is 1. The Morgan fingerprint density at radius 3 is 2.60 bits per heavy atom. The average molecular weight is 412 g/mol. The third kappa shape index (κ3) is 4.71. The van der Waals surface area contributed by atoms with E-state index in [4.69, 9.17) is 0 Å². The number of carbonyl (C=O) groups is 1. The van der Waals surface area contributed by atoms with E-state index in [0.717, 1.165) is 0 Å². The summed E-state index contributed by atoms with van der Waals surface area (Å²) in [5, 5.41) is 13.1. The summed E-state index contributed by atoms with van der Waals surface area (Å²) in [6.07, 6.45) is 0. The van der Waals surface area contributed by atoms with Gasteiger partial charge in [0.1, 0.15) is 0 Å². The Morgan fingerprint density at radius 2 is 2.10 bits per heavy atom. The molecule has 7 nitrogen and oxygen atoms in total. The molecule has 0 radical (unpaired) electrons. The molecule has 1 rings (SSSR count). The lowest BCUT2D eigenvalue weighted by Gasteiger charge is -2.07. The van der Waals surface area contributed by atoms with Crippen molar-refractivity contribution in [3.63, 3.8) is 0 Å². The molecule has 0 spiro atoms. The predicted molar refractivity (Wildman–Crippen MR) is 82.5 cm³/mol. The SMILES string of the molecule is CCS(=O)(=O)CCNC(=O)c1ccc([N+](=O)[O-])cc1I. The van der Waals surface area contributed by atoms with Crippen LogP contribution in [-0.4, -0.2) is 37.3 Å². The summed E-state index contributed by atoms with van der Waals surface area (Å²) in [6.45, 7) is 1.55. The molecule has 0 aliphatic rings. The number of rotatable bonds is 6. The fraction of sp³-hybridized carbons (Fsp3) is 0.364. The number of halogens is 1. The van der Waals surface area contributed by atoms with Crippen LogP contribution in [0.25, 0.3) is 0 Å². The second kappa shape index (κ2) is 6.97. The van der Waals surface area contributed by atoms with Crippen LogP contribution in [0.5, 0.6) is 0 Å². The van der Waals surface area contributed by atoms with Crippen LogP contribution in [0.15, 0.2) is 18.2 Å². The van der Waals surface area contributed by atoms with Gasteiger partial charge in [0.05, 0.1) is 16.2 Å². The molecule has 0 aliphatic carbocycles. The average Bonchev–Trinajstić information content (AvgIpc) is 2.38. The molecule has 0 bridgehead atoms. The van der Waals surface area contributed by atoms with Crippen LogP contribution >= 0.6 is 22.6 Å².